The molecule has 4 nitrogen and oxygen atoms in total. The molecule has 5 heteroatoms. The molecule has 1 aromatic rings. The van der Waals surface area contributed by atoms with Crippen molar-refractivity contribution in [3.05, 3.63) is 21.9 Å². The van der Waals surface area contributed by atoms with Crippen molar-refractivity contribution in [3.8, 4) is 0 Å². The van der Waals surface area contributed by atoms with E-state index in [4.69, 9.17) is 0 Å². The van der Waals surface area contributed by atoms with Crippen LogP contribution in [0.5, 0.6) is 0 Å². The molecule has 0 aliphatic heterocycles. The van der Waals surface area contributed by atoms with Crippen molar-refractivity contribution >= 4 is 23.0 Å². The maximum absolute atomic E-state index is 11.9. The molecule has 1 heterocycles. The summed E-state index contributed by atoms with van der Waals surface area (Å²) in [4.78, 5) is 27.7. The first kappa shape index (κ1) is 17.9. The molecule has 118 valence electrons. The van der Waals surface area contributed by atoms with Gasteiger partial charge in [0.1, 0.15) is 0 Å². The van der Waals surface area contributed by atoms with Crippen LogP contribution in [0.4, 0.5) is 0 Å². The van der Waals surface area contributed by atoms with E-state index in [0.717, 1.165) is 16.3 Å². The number of aryl methyl sites for hydroxylation is 1. The molecular weight excluding hydrogens is 284 g/mol. The van der Waals surface area contributed by atoms with Gasteiger partial charge in [0.25, 0.3) is 0 Å². The van der Waals surface area contributed by atoms with Crippen LogP contribution < -0.4 is 5.32 Å². The highest BCUT2D eigenvalue weighted by molar-refractivity contribution is 7.14. The van der Waals surface area contributed by atoms with Gasteiger partial charge in [-0.3, -0.25) is 9.59 Å². The first-order valence-corrected chi connectivity index (χ1v) is 8.02. The van der Waals surface area contributed by atoms with Gasteiger partial charge in [-0.2, -0.15) is 0 Å². The smallest absolute Gasteiger partial charge is 0.220 e. The third-order valence-electron chi connectivity index (χ3n) is 3.10. The van der Waals surface area contributed by atoms with Crippen LogP contribution in [-0.4, -0.2) is 43.8 Å². The highest BCUT2D eigenvalue weighted by Gasteiger charge is 2.20. The lowest BCUT2D eigenvalue weighted by molar-refractivity contribution is -0.121. The predicted octanol–water partition coefficient (Wildman–Crippen LogP) is 2.72. The second-order valence-electron chi connectivity index (χ2n) is 6.51. The number of ketones is 1. The molecule has 1 rings (SSSR count). The number of nitrogens with zero attached hydrogens (tertiary/aromatic N) is 1. The normalized spacial score (nSPS) is 11.7. The number of nitrogens with one attached hydrogen (secondary N) is 1. The van der Waals surface area contributed by atoms with Crippen LogP contribution in [0.15, 0.2) is 12.1 Å². The van der Waals surface area contributed by atoms with Crippen molar-refractivity contribution in [3.63, 3.8) is 0 Å². The third-order valence-corrected chi connectivity index (χ3v) is 4.14. The molecule has 0 aliphatic rings. The second kappa shape index (κ2) is 7.71. The first-order valence-electron chi connectivity index (χ1n) is 7.21. The lowest BCUT2D eigenvalue weighted by Gasteiger charge is -2.28. The Balaban J connectivity index is 2.33. The largest absolute Gasteiger partial charge is 0.356 e. The van der Waals surface area contributed by atoms with E-state index in [1.54, 1.807) is 0 Å². The molecule has 0 fully saturated rings. The Morgan fingerprint density at radius 2 is 1.90 bits per heavy atom. The average molecular weight is 310 g/mol. The fourth-order valence-electron chi connectivity index (χ4n) is 2.27. The monoisotopic (exact) mass is 310 g/mol. The van der Waals surface area contributed by atoms with Crippen LogP contribution in [0.2, 0.25) is 0 Å². The van der Waals surface area contributed by atoms with Gasteiger partial charge in [-0.05, 0) is 38.6 Å². The van der Waals surface area contributed by atoms with Crippen LogP contribution in [0.3, 0.4) is 0 Å². The zero-order valence-electron chi connectivity index (χ0n) is 13.7. The van der Waals surface area contributed by atoms with Crippen molar-refractivity contribution in [2.24, 2.45) is 5.41 Å². The van der Waals surface area contributed by atoms with Gasteiger partial charge in [-0.1, -0.05) is 13.8 Å². The summed E-state index contributed by atoms with van der Waals surface area (Å²) in [5, 5.41) is 2.93. The van der Waals surface area contributed by atoms with E-state index in [9.17, 15) is 9.59 Å². The van der Waals surface area contributed by atoms with Crippen LogP contribution >= 0.6 is 11.3 Å². The quantitative estimate of drug-likeness (QED) is 0.751. The average Bonchev–Trinajstić information content (AvgIpc) is 2.79. The number of carbonyl (C=O) groups excluding carboxylic acids is 2. The topological polar surface area (TPSA) is 49.4 Å². The van der Waals surface area contributed by atoms with Gasteiger partial charge in [0.2, 0.25) is 5.91 Å². The molecule has 0 saturated carbocycles. The Labute approximate surface area is 131 Å². The SMILES string of the molecule is Cc1ccc(C(=O)CCC(=O)NCC(C)(C)CN(C)C)s1. The minimum atomic E-state index is -0.0524. The Morgan fingerprint density at radius 3 is 2.43 bits per heavy atom. The Hall–Kier alpha value is -1.20. The highest BCUT2D eigenvalue weighted by atomic mass is 32.1. The van der Waals surface area contributed by atoms with Gasteiger partial charge in [0, 0.05) is 30.8 Å². The summed E-state index contributed by atoms with van der Waals surface area (Å²) in [5.74, 6) is -0.000684. The lowest BCUT2D eigenvalue weighted by Crippen LogP contribution is -2.40. The lowest BCUT2D eigenvalue weighted by atomic mass is 9.93. The summed E-state index contributed by atoms with van der Waals surface area (Å²) >= 11 is 1.49. The number of Topliss-reactive ketones (excluding diaryl/α,β-unsaturated/α-hetero) is 1. The van der Waals surface area contributed by atoms with Gasteiger partial charge in [0.15, 0.2) is 5.78 Å². The van der Waals surface area contributed by atoms with Crippen LogP contribution in [0, 0.1) is 12.3 Å². The van der Waals surface area contributed by atoms with Gasteiger partial charge >= 0.3 is 0 Å². The third kappa shape index (κ3) is 6.87. The number of rotatable bonds is 8. The Morgan fingerprint density at radius 1 is 1.24 bits per heavy atom. The van der Waals surface area contributed by atoms with Crippen molar-refractivity contribution < 1.29 is 9.59 Å². The van der Waals surface area contributed by atoms with Crippen LogP contribution in [-0.2, 0) is 4.79 Å². The van der Waals surface area contributed by atoms with Crippen molar-refractivity contribution in [1.82, 2.24) is 10.2 Å². The fraction of sp³-hybridized carbons (Fsp3) is 0.625. The summed E-state index contributed by atoms with van der Waals surface area (Å²) in [7, 11) is 4.04. The number of thiophene rings is 1. The molecular formula is C16H26N2O2S. The molecule has 0 atom stereocenters. The van der Waals surface area contributed by atoms with E-state index in [0.29, 0.717) is 6.54 Å². The van der Waals surface area contributed by atoms with E-state index < -0.39 is 0 Å². The van der Waals surface area contributed by atoms with Gasteiger partial charge in [-0.25, -0.2) is 0 Å². The first-order chi connectivity index (χ1) is 9.69. The predicted molar refractivity (Wildman–Crippen MR) is 88.0 cm³/mol. The van der Waals surface area contributed by atoms with Crippen molar-refractivity contribution in [2.75, 3.05) is 27.2 Å². The molecule has 1 amide bonds. The van der Waals surface area contributed by atoms with Gasteiger partial charge in [-0.15, -0.1) is 11.3 Å². The van der Waals surface area contributed by atoms with Gasteiger partial charge < -0.3 is 10.2 Å². The molecule has 0 aromatic carbocycles. The maximum atomic E-state index is 11.9. The van der Waals surface area contributed by atoms with Crippen molar-refractivity contribution in [1.29, 1.82) is 0 Å². The summed E-state index contributed by atoms with van der Waals surface area (Å²) < 4.78 is 0. The van der Waals surface area contributed by atoms with Crippen LogP contribution in [0.1, 0.15) is 41.2 Å². The van der Waals surface area contributed by atoms with Crippen LogP contribution in [0.25, 0.3) is 0 Å². The number of hydrogen-bond acceptors (Lipinski definition) is 4. The minimum absolute atomic E-state index is 0.0219. The molecule has 0 aliphatic carbocycles. The van der Waals surface area contributed by atoms with E-state index >= 15 is 0 Å². The van der Waals surface area contributed by atoms with E-state index in [1.165, 1.54) is 11.3 Å². The number of hydrogen-bond donors (Lipinski definition) is 1. The molecule has 21 heavy (non-hydrogen) atoms. The van der Waals surface area contributed by atoms with Gasteiger partial charge in [0.05, 0.1) is 4.88 Å². The van der Waals surface area contributed by atoms with E-state index in [-0.39, 0.29) is 29.9 Å². The summed E-state index contributed by atoms with van der Waals surface area (Å²) in [6, 6.07) is 3.77. The van der Waals surface area contributed by atoms with Crippen molar-refractivity contribution in [2.45, 2.75) is 33.6 Å². The molecule has 0 unspecified atom stereocenters. The summed E-state index contributed by atoms with van der Waals surface area (Å²) in [6.45, 7) is 7.73. The number of carbonyl (C=O) groups is 2. The molecule has 1 N–H and O–H groups in total. The Kier molecular flexibility index (Phi) is 6.55. The molecule has 0 bridgehead atoms. The Bertz CT molecular complexity index is 492. The zero-order chi connectivity index (χ0) is 16.0. The van der Waals surface area contributed by atoms with E-state index in [2.05, 4.69) is 24.1 Å². The minimum Gasteiger partial charge on any atom is -0.356 e. The summed E-state index contributed by atoms with van der Waals surface area (Å²) in [6.07, 6.45) is 0.535. The number of amides is 1. The summed E-state index contributed by atoms with van der Waals surface area (Å²) in [5.41, 5.74) is 0.0219. The molecule has 0 radical (unpaired) electrons. The molecule has 0 saturated heterocycles. The standard InChI is InChI=1S/C16H26N2O2S/c1-12-6-8-14(21-12)13(19)7-9-15(20)17-10-16(2,3)11-18(4)5/h6,8H,7,9-11H2,1-5H3,(H,17,20). The maximum Gasteiger partial charge on any atom is 0.220 e. The van der Waals surface area contributed by atoms with E-state index in [1.807, 2.05) is 33.2 Å². The fourth-order valence-corrected chi connectivity index (χ4v) is 3.11. The second-order valence-corrected chi connectivity index (χ2v) is 7.80. The highest BCUT2D eigenvalue weighted by Crippen LogP contribution is 2.18. The zero-order valence-corrected chi connectivity index (χ0v) is 14.5. The molecule has 0 spiro atoms. The molecule has 1 aromatic heterocycles.